The lowest BCUT2D eigenvalue weighted by atomic mass is 10.1. The van der Waals surface area contributed by atoms with Crippen LogP contribution in [0, 0.1) is 0 Å². The molecule has 0 spiro atoms. The molecular formula is C24H30ClN5O2S. The van der Waals surface area contributed by atoms with Crippen LogP contribution in [0.1, 0.15) is 45.0 Å². The third kappa shape index (κ3) is 4.78. The Morgan fingerprint density at radius 3 is 2.61 bits per heavy atom. The first-order chi connectivity index (χ1) is 16.0. The topological polar surface area (TPSA) is 80.1 Å². The van der Waals surface area contributed by atoms with Gasteiger partial charge in [0, 0.05) is 30.1 Å². The molecule has 4 rings (SSSR count). The SMILES string of the molecule is CCCCN(c1ccc(Cl)cc1-c1nnc(CC)n1C1CCNC1)S(=O)(=O)c1ccccc1. The zero-order chi connectivity index (χ0) is 23.4. The zero-order valence-corrected chi connectivity index (χ0v) is 20.6. The molecule has 1 unspecified atom stereocenters. The molecule has 2 aromatic carbocycles. The fraction of sp³-hybridized carbons (Fsp3) is 0.417. The first kappa shape index (κ1) is 23.7. The minimum absolute atomic E-state index is 0.214. The fourth-order valence-corrected chi connectivity index (χ4v) is 6.00. The number of aryl methyl sites for hydroxylation is 1. The maximum Gasteiger partial charge on any atom is 0.264 e. The number of anilines is 1. The van der Waals surface area contributed by atoms with Gasteiger partial charge in [-0.3, -0.25) is 4.31 Å². The minimum atomic E-state index is -3.78. The predicted molar refractivity (Wildman–Crippen MR) is 132 cm³/mol. The van der Waals surface area contributed by atoms with Crippen LogP contribution in [0.25, 0.3) is 11.4 Å². The molecule has 0 aliphatic carbocycles. The normalized spacial score (nSPS) is 16.3. The minimum Gasteiger partial charge on any atom is -0.315 e. The maximum atomic E-state index is 13.7. The Balaban J connectivity index is 1.90. The average Bonchev–Trinajstić information content (AvgIpc) is 3.50. The van der Waals surface area contributed by atoms with Gasteiger partial charge in [-0.25, -0.2) is 8.42 Å². The molecule has 1 aliphatic rings. The number of rotatable bonds is 9. The molecule has 1 saturated heterocycles. The van der Waals surface area contributed by atoms with E-state index in [2.05, 4.69) is 27.0 Å². The van der Waals surface area contributed by atoms with E-state index in [1.165, 1.54) is 4.31 Å². The van der Waals surface area contributed by atoms with Crippen LogP contribution >= 0.6 is 11.6 Å². The average molecular weight is 488 g/mol. The molecule has 9 heteroatoms. The van der Waals surface area contributed by atoms with Gasteiger partial charge in [-0.2, -0.15) is 0 Å². The van der Waals surface area contributed by atoms with Gasteiger partial charge in [-0.15, -0.1) is 10.2 Å². The van der Waals surface area contributed by atoms with Gasteiger partial charge in [0.05, 0.1) is 16.6 Å². The van der Waals surface area contributed by atoms with Crippen LogP contribution < -0.4 is 9.62 Å². The van der Waals surface area contributed by atoms with Crippen molar-refractivity contribution in [3.8, 4) is 11.4 Å². The molecule has 1 aliphatic heterocycles. The number of hydrogen-bond acceptors (Lipinski definition) is 5. The number of unbranched alkanes of at least 4 members (excludes halogenated alkanes) is 1. The van der Waals surface area contributed by atoms with Crippen LogP contribution in [-0.2, 0) is 16.4 Å². The van der Waals surface area contributed by atoms with E-state index in [4.69, 9.17) is 11.6 Å². The van der Waals surface area contributed by atoms with Crippen LogP contribution in [0.5, 0.6) is 0 Å². The number of aromatic nitrogens is 3. The van der Waals surface area contributed by atoms with E-state index < -0.39 is 10.0 Å². The molecule has 1 fully saturated rings. The summed E-state index contributed by atoms with van der Waals surface area (Å²) in [7, 11) is -3.78. The molecule has 176 valence electrons. The van der Waals surface area contributed by atoms with Crippen molar-refractivity contribution in [1.29, 1.82) is 0 Å². The first-order valence-corrected chi connectivity index (χ1v) is 13.3. The van der Waals surface area contributed by atoms with Crippen molar-refractivity contribution in [2.45, 2.75) is 50.5 Å². The van der Waals surface area contributed by atoms with Gasteiger partial charge < -0.3 is 9.88 Å². The number of nitrogens with zero attached hydrogens (tertiary/aromatic N) is 4. The van der Waals surface area contributed by atoms with Gasteiger partial charge in [0.2, 0.25) is 0 Å². The van der Waals surface area contributed by atoms with Crippen molar-refractivity contribution in [2.24, 2.45) is 0 Å². The van der Waals surface area contributed by atoms with Gasteiger partial charge in [-0.1, -0.05) is 50.1 Å². The second-order valence-electron chi connectivity index (χ2n) is 8.22. The highest BCUT2D eigenvalue weighted by Gasteiger charge is 2.30. The molecule has 0 radical (unpaired) electrons. The number of benzene rings is 2. The summed E-state index contributed by atoms with van der Waals surface area (Å²) >= 11 is 6.42. The van der Waals surface area contributed by atoms with E-state index in [1.54, 1.807) is 42.5 Å². The van der Waals surface area contributed by atoms with Crippen LogP contribution in [0.2, 0.25) is 5.02 Å². The highest BCUT2D eigenvalue weighted by atomic mass is 35.5. The number of halogens is 1. The lowest BCUT2D eigenvalue weighted by molar-refractivity contribution is 0.529. The van der Waals surface area contributed by atoms with E-state index in [9.17, 15) is 8.42 Å². The zero-order valence-electron chi connectivity index (χ0n) is 19.0. The lowest BCUT2D eigenvalue weighted by Crippen LogP contribution is -2.32. The van der Waals surface area contributed by atoms with E-state index in [0.717, 1.165) is 44.6 Å². The summed E-state index contributed by atoms with van der Waals surface area (Å²) in [5, 5.41) is 12.9. The molecule has 1 atom stereocenters. The summed E-state index contributed by atoms with van der Waals surface area (Å²) < 4.78 is 31.1. The van der Waals surface area contributed by atoms with E-state index in [-0.39, 0.29) is 10.9 Å². The fourth-order valence-electron chi connectivity index (χ4n) is 4.29. The first-order valence-electron chi connectivity index (χ1n) is 11.5. The molecule has 2 heterocycles. The van der Waals surface area contributed by atoms with Crippen molar-refractivity contribution >= 4 is 27.3 Å². The summed E-state index contributed by atoms with van der Waals surface area (Å²) in [5.41, 5.74) is 1.25. The molecule has 0 bridgehead atoms. The van der Waals surface area contributed by atoms with Gasteiger partial charge in [0.15, 0.2) is 5.82 Å². The Morgan fingerprint density at radius 2 is 1.94 bits per heavy atom. The highest BCUT2D eigenvalue weighted by molar-refractivity contribution is 7.92. The highest BCUT2D eigenvalue weighted by Crippen LogP contribution is 2.37. The van der Waals surface area contributed by atoms with Gasteiger partial charge in [0.1, 0.15) is 5.82 Å². The summed E-state index contributed by atoms with van der Waals surface area (Å²) in [6, 6.07) is 14.1. The molecule has 1 aromatic heterocycles. The summed E-state index contributed by atoms with van der Waals surface area (Å²) in [6.45, 7) is 6.23. The van der Waals surface area contributed by atoms with Crippen LogP contribution in [0.3, 0.4) is 0 Å². The lowest BCUT2D eigenvalue weighted by Gasteiger charge is -2.27. The molecule has 3 aromatic rings. The van der Waals surface area contributed by atoms with Crippen molar-refractivity contribution in [2.75, 3.05) is 23.9 Å². The summed E-state index contributed by atoms with van der Waals surface area (Å²) in [5.74, 6) is 1.54. The quantitative estimate of drug-likeness (QED) is 0.473. The van der Waals surface area contributed by atoms with Crippen LogP contribution in [0.4, 0.5) is 5.69 Å². The number of nitrogens with one attached hydrogen (secondary N) is 1. The van der Waals surface area contributed by atoms with Crippen molar-refractivity contribution < 1.29 is 8.42 Å². The maximum absolute atomic E-state index is 13.7. The van der Waals surface area contributed by atoms with Gasteiger partial charge in [-0.05, 0) is 49.7 Å². The molecule has 7 nitrogen and oxygen atoms in total. The third-order valence-electron chi connectivity index (χ3n) is 6.00. The second-order valence-corrected chi connectivity index (χ2v) is 10.5. The van der Waals surface area contributed by atoms with E-state index >= 15 is 0 Å². The van der Waals surface area contributed by atoms with Gasteiger partial charge >= 0.3 is 0 Å². The third-order valence-corrected chi connectivity index (χ3v) is 8.06. The molecule has 1 N–H and O–H groups in total. The second kappa shape index (κ2) is 10.2. The monoisotopic (exact) mass is 487 g/mol. The Bertz CT molecular complexity index is 1190. The molecule has 33 heavy (non-hydrogen) atoms. The van der Waals surface area contributed by atoms with Crippen molar-refractivity contribution in [3.63, 3.8) is 0 Å². The van der Waals surface area contributed by atoms with Crippen LogP contribution in [0.15, 0.2) is 53.4 Å². The van der Waals surface area contributed by atoms with E-state index in [1.807, 2.05) is 13.0 Å². The largest absolute Gasteiger partial charge is 0.315 e. The smallest absolute Gasteiger partial charge is 0.264 e. The van der Waals surface area contributed by atoms with Crippen molar-refractivity contribution in [1.82, 2.24) is 20.1 Å². The number of sulfonamides is 1. The Hall–Kier alpha value is -2.42. The standard InChI is InChI=1S/C24H30ClN5O2S/c1-3-5-15-29(33(31,32)20-9-7-6-8-10-20)22-12-11-18(25)16-21(22)24-28-27-23(4-2)30(24)19-13-14-26-17-19/h6-12,16,19,26H,3-5,13-15,17H2,1-2H3. The summed E-state index contributed by atoms with van der Waals surface area (Å²) in [6.07, 6.45) is 3.30. The summed E-state index contributed by atoms with van der Waals surface area (Å²) in [4.78, 5) is 0.262. The molecule has 0 amide bonds. The van der Waals surface area contributed by atoms with E-state index in [0.29, 0.717) is 28.6 Å². The van der Waals surface area contributed by atoms with Crippen molar-refractivity contribution in [3.05, 3.63) is 59.4 Å². The molecular weight excluding hydrogens is 458 g/mol. The number of hydrogen-bond donors (Lipinski definition) is 1. The van der Waals surface area contributed by atoms with Crippen LogP contribution in [-0.4, -0.2) is 42.8 Å². The Kier molecular flexibility index (Phi) is 7.36. The molecule has 0 saturated carbocycles. The Morgan fingerprint density at radius 1 is 1.15 bits per heavy atom. The predicted octanol–water partition coefficient (Wildman–Crippen LogP) is 4.69. The van der Waals surface area contributed by atoms with Gasteiger partial charge in [0.25, 0.3) is 10.0 Å². The Labute approximate surface area is 200 Å².